The van der Waals surface area contributed by atoms with Crippen molar-refractivity contribution in [3.8, 4) is 17.1 Å². The van der Waals surface area contributed by atoms with Gasteiger partial charge in [-0.15, -0.1) is 0 Å². The highest BCUT2D eigenvalue weighted by atomic mass is 19.4. The van der Waals surface area contributed by atoms with Crippen LogP contribution < -0.4 is 0 Å². The molecule has 0 radical (unpaired) electrons. The first-order valence-corrected chi connectivity index (χ1v) is 12.3. The molecular weight excluding hydrogens is 503 g/mol. The average Bonchev–Trinajstić information content (AvgIpc) is 3.54. The van der Waals surface area contributed by atoms with E-state index in [1.165, 1.54) is 16.3 Å². The standard InChI is InChI=1S/C27H30F3N3O5/c1-15-23(34-2)24(35-3)25(36-4)26(37-15)38-20-12-16-5-6-17(11-18(16)13-20)21-9-10-33(32-21)22-8-7-19(14-31-22)27(28,29)30/h5-11,14-15,20,23-26H,12-13H2,1-4H3. The average molecular weight is 534 g/mol. The Morgan fingerprint density at radius 3 is 2.32 bits per heavy atom. The molecule has 3 heterocycles. The Bertz CT molecular complexity index is 1250. The van der Waals surface area contributed by atoms with Gasteiger partial charge < -0.3 is 23.7 Å². The molecule has 1 aliphatic heterocycles. The predicted molar refractivity (Wildman–Crippen MR) is 131 cm³/mol. The van der Waals surface area contributed by atoms with E-state index < -0.39 is 24.1 Å². The number of hydrogen-bond acceptors (Lipinski definition) is 7. The lowest BCUT2D eigenvalue weighted by atomic mass is 9.99. The van der Waals surface area contributed by atoms with Gasteiger partial charge in [0.15, 0.2) is 12.1 Å². The predicted octanol–water partition coefficient (Wildman–Crippen LogP) is 4.23. The first kappa shape index (κ1) is 26.8. The molecule has 1 aliphatic carbocycles. The Kier molecular flexibility index (Phi) is 7.56. The molecule has 2 aromatic heterocycles. The minimum atomic E-state index is -4.43. The molecule has 3 aromatic rings. The maximum Gasteiger partial charge on any atom is 0.417 e. The number of nitrogens with zero attached hydrogens (tertiary/aromatic N) is 3. The van der Waals surface area contributed by atoms with Gasteiger partial charge in [-0.3, -0.25) is 0 Å². The van der Waals surface area contributed by atoms with E-state index in [1.54, 1.807) is 27.5 Å². The topological polar surface area (TPSA) is 76.9 Å². The molecule has 11 heteroatoms. The Balaban J connectivity index is 1.28. The molecule has 0 amide bonds. The second kappa shape index (κ2) is 10.7. The fourth-order valence-corrected chi connectivity index (χ4v) is 5.24. The molecule has 6 unspecified atom stereocenters. The SMILES string of the molecule is COC1C(C)OC(OC2Cc3ccc(-c4ccn(-c5ccc(C(F)(F)F)cn5)n4)cc3C2)C(OC)C1OC. The minimum absolute atomic E-state index is 0.0967. The molecule has 1 fully saturated rings. The molecule has 6 atom stereocenters. The number of alkyl halides is 3. The Hall–Kier alpha value is -2.83. The Labute approximate surface area is 218 Å². The van der Waals surface area contributed by atoms with E-state index in [0.29, 0.717) is 17.9 Å². The summed E-state index contributed by atoms with van der Waals surface area (Å²) in [5, 5.41) is 4.52. The fraction of sp³-hybridized carbons (Fsp3) is 0.481. The molecule has 0 N–H and O–H groups in total. The third-order valence-electron chi connectivity index (χ3n) is 7.17. The van der Waals surface area contributed by atoms with Crippen molar-refractivity contribution in [1.29, 1.82) is 0 Å². The van der Waals surface area contributed by atoms with Gasteiger partial charge in [-0.2, -0.15) is 18.3 Å². The molecule has 1 saturated heterocycles. The molecule has 1 aromatic carbocycles. The zero-order valence-electron chi connectivity index (χ0n) is 21.5. The van der Waals surface area contributed by atoms with Crippen LogP contribution in [0, 0.1) is 0 Å². The van der Waals surface area contributed by atoms with Crippen molar-refractivity contribution in [3.63, 3.8) is 0 Å². The van der Waals surface area contributed by atoms with Crippen molar-refractivity contribution in [2.75, 3.05) is 21.3 Å². The molecule has 2 aliphatic rings. The van der Waals surface area contributed by atoms with Crippen LogP contribution in [-0.4, -0.2) is 72.9 Å². The molecular formula is C27H30F3N3O5. The molecule has 38 heavy (non-hydrogen) atoms. The second-order valence-electron chi connectivity index (χ2n) is 9.51. The first-order valence-electron chi connectivity index (χ1n) is 12.3. The van der Waals surface area contributed by atoms with Crippen molar-refractivity contribution >= 4 is 0 Å². The van der Waals surface area contributed by atoms with E-state index in [9.17, 15) is 13.2 Å². The third kappa shape index (κ3) is 5.21. The van der Waals surface area contributed by atoms with Crippen molar-refractivity contribution in [2.45, 2.75) is 62.8 Å². The monoisotopic (exact) mass is 533 g/mol. The summed E-state index contributed by atoms with van der Waals surface area (Å²) in [5.74, 6) is 0.304. The van der Waals surface area contributed by atoms with Crippen LogP contribution in [0.5, 0.6) is 0 Å². The van der Waals surface area contributed by atoms with Crippen LogP contribution in [-0.2, 0) is 42.7 Å². The van der Waals surface area contributed by atoms with E-state index in [4.69, 9.17) is 23.7 Å². The highest BCUT2D eigenvalue weighted by Gasteiger charge is 2.47. The number of methoxy groups -OCH3 is 3. The fourth-order valence-electron chi connectivity index (χ4n) is 5.24. The largest absolute Gasteiger partial charge is 0.417 e. The Morgan fingerprint density at radius 2 is 1.66 bits per heavy atom. The van der Waals surface area contributed by atoms with Crippen LogP contribution >= 0.6 is 0 Å². The summed E-state index contributed by atoms with van der Waals surface area (Å²) in [4.78, 5) is 3.91. The number of rotatable bonds is 7. The quantitative estimate of drug-likeness (QED) is 0.450. The number of fused-ring (bicyclic) bond motifs is 1. The summed E-state index contributed by atoms with van der Waals surface area (Å²) in [6, 6.07) is 10.2. The van der Waals surface area contributed by atoms with Gasteiger partial charge in [0.05, 0.1) is 23.5 Å². The van der Waals surface area contributed by atoms with Gasteiger partial charge in [-0.25, -0.2) is 9.67 Å². The van der Waals surface area contributed by atoms with Crippen LogP contribution in [0.3, 0.4) is 0 Å². The number of pyridine rings is 1. The lowest BCUT2D eigenvalue weighted by Crippen LogP contribution is -2.59. The summed E-state index contributed by atoms with van der Waals surface area (Å²) >= 11 is 0. The van der Waals surface area contributed by atoms with E-state index in [1.807, 2.05) is 19.1 Å². The minimum Gasteiger partial charge on any atom is -0.376 e. The van der Waals surface area contributed by atoms with Gasteiger partial charge >= 0.3 is 6.18 Å². The highest BCUT2D eigenvalue weighted by Crippen LogP contribution is 2.33. The van der Waals surface area contributed by atoms with Crippen molar-refractivity contribution in [2.24, 2.45) is 0 Å². The number of halogens is 3. The summed E-state index contributed by atoms with van der Waals surface area (Å²) in [6.07, 6.45) is -2.50. The van der Waals surface area contributed by atoms with Crippen molar-refractivity contribution in [3.05, 3.63) is 65.5 Å². The lowest BCUT2D eigenvalue weighted by Gasteiger charge is -2.44. The maximum atomic E-state index is 12.8. The Morgan fingerprint density at radius 1 is 0.921 bits per heavy atom. The van der Waals surface area contributed by atoms with Crippen molar-refractivity contribution < 1.29 is 36.9 Å². The van der Waals surface area contributed by atoms with E-state index in [-0.39, 0.29) is 24.4 Å². The molecule has 0 saturated carbocycles. The highest BCUT2D eigenvalue weighted by molar-refractivity contribution is 5.61. The zero-order valence-corrected chi connectivity index (χ0v) is 21.5. The van der Waals surface area contributed by atoms with Gasteiger partial charge in [-0.1, -0.05) is 12.1 Å². The van der Waals surface area contributed by atoms with Gasteiger partial charge in [0, 0.05) is 39.3 Å². The van der Waals surface area contributed by atoms with Crippen LogP contribution in [0.15, 0.2) is 48.8 Å². The van der Waals surface area contributed by atoms with Crippen LogP contribution in [0.4, 0.5) is 13.2 Å². The van der Waals surface area contributed by atoms with Crippen LogP contribution in [0.2, 0.25) is 0 Å². The summed E-state index contributed by atoms with van der Waals surface area (Å²) < 4.78 is 69.4. The van der Waals surface area contributed by atoms with Gasteiger partial charge in [-0.05, 0) is 55.2 Å². The van der Waals surface area contributed by atoms with Gasteiger partial charge in [0.2, 0.25) is 0 Å². The smallest absolute Gasteiger partial charge is 0.376 e. The van der Waals surface area contributed by atoms with Gasteiger partial charge in [0.1, 0.15) is 18.3 Å². The summed E-state index contributed by atoms with van der Waals surface area (Å²) in [7, 11) is 4.85. The zero-order chi connectivity index (χ0) is 27.0. The molecule has 5 rings (SSSR count). The van der Waals surface area contributed by atoms with Crippen LogP contribution in [0.25, 0.3) is 17.1 Å². The second-order valence-corrected chi connectivity index (χ2v) is 9.51. The van der Waals surface area contributed by atoms with Crippen LogP contribution in [0.1, 0.15) is 23.6 Å². The number of ether oxygens (including phenoxy) is 5. The van der Waals surface area contributed by atoms with Gasteiger partial charge in [0.25, 0.3) is 0 Å². The molecule has 0 bridgehead atoms. The number of benzene rings is 1. The van der Waals surface area contributed by atoms with E-state index in [0.717, 1.165) is 29.8 Å². The van der Waals surface area contributed by atoms with E-state index in [2.05, 4.69) is 22.2 Å². The summed E-state index contributed by atoms with van der Waals surface area (Å²) in [5.41, 5.74) is 3.11. The normalized spacial score (nSPS) is 27.4. The molecule has 0 spiro atoms. The molecule has 8 nitrogen and oxygen atoms in total. The number of hydrogen-bond donors (Lipinski definition) is 0. The maximum absolute atomic E-state index is 12.8. The third-order valence-corrected chi connectivity index (χ3v) is 7.17. The lowest BCUT2D eigenvalue weighted by molar-refractivity contribution is -0.314. The number of aromatic nitrogens is 3. The van der Waals surface area contributed by atoms with E-state index >= 15 is 0 Å². The van der Waals surface area contributed by atoms with Crippen molar-refractivity contribution in [1.82, 2.24) is 14.8 Å². The first-order chi connectivity index (χ1) is 18.2. The summed E-state index contributed by atoms with van der Waals surface area (Å²) in [6.45, 7) is 1.93. The molecule has 204 valence electrons.